The minimum absolute atomic E-state index is 0.511. The van der Waals surface area contributed by atoms with Crippen molar-refractivity contribution in [3.8, 4) is 0 Å². The SMILES string of the molecule is O=S1CCC(NCc2cncc(Br)c2)CC1. The molecule has 3 nitrogen and oxygen atoms in total. The van der Waals surface area contributed by atoms with E-state index in [2.05, 4.69) is 32.3 Å². The fourth-order valence-corrected chi connectivity index (χ4v) is 3.52. The van der Waals surface area contributed by atoms with Crippen molar-refractivity contribution in [2.24, 2.45) is 0 Å². The molecule has 1 fully saturated rings. The summed E-state index contributed by atoms with van der Waals surface area (Å²) < 4.78 is 12.2. The monoisotopic (exact) mass is 302 g/mol. The van der Waals surface area contributed by atoms with Crippen LogP contribution in [0, 0.1) is 0 Å². The highest BCUT2D eigenvalue weighted by atomic mass is 79.9. The predicted molar refractivity (Wildman–Crippen MR) is 69.7 cm³/mol. The Balaban J connectivity index is 1.81. The topological polar surface area (TPSA) is 42.0 Å². The lowest BCUT2D eigenvalue weighted by molar-refractivity contribution is 0.475. The molecule has 1 N–H and O–H groups in total. The highest BCUT2D eigenvalue weighted by molar-refractivity contribution is 9.10. The van der Waals surface area contributed by atoms with Gasteiger partial charge in [0.15, 0.2) is 0 Å². The molecule has 0 amide bonds. The van der Waals surface area contributed by atoms with Gasteiger partial charge in [-0.15, -0.1) is 0 Å². The Hall–Kier alpha value is -0.260. The Labute approximate surface area is 107 Å². The Morgan fingerprint density at radius 1 is 1.44 bits per heavy atom. The van der Waals surface area contributed by atoms with Crippen LogP contribution in [0.3, 0.4) is 0 Å². The van der Waals surface area contributed by atoms with E-state index in [9.17, 15) is 4.21 Å². The van der Waals surface area contributed by atoms with Crippen LogP contribution >= 0.6 is 15.9 Å². The van der Waals surface area contributed by atoms with Crippen LogP contribution in [0.4, 0.5) is 0 Å². The van der Waals surface area contributed by atoms with Crippen LogP contribution in [-0.4, -0.2) is 26.7 Å². The number of pyridine rings is 1. The summed E-state index contributed by atoms with van der Waals surface area (Å²) in [6, 6.07) is 2.58. The van der Waals surface area contributed by atoms with Gasteiger partial charge in [-0.05, 0) is 40.4 Å². The molecule has 16 heavy (non-hydrogen) atoms. The van der Waals surface area contributed by atoms with E-state index in [1.54, 1.807) is 6.20 Å². The molecular weight excluding hydrogens is 288 g/mol. The Morgan fingerprint density at radius 3 is 2.88 bits per heavy atom. The van der Waals surface area contributed by atoms with E-state index < -0.39 is 10.8 Å². The lowest BCUT2D eigenvalue weighted by Crippen LogP contribution is -2.35. The number of hydrogen-bond acceptors (Lipinski definition) is 3. The molecule has 0 aliphatic carbocycles. The average Bonchev–Trinajstić information content (AvgIpc) is 2.28. The second-order valence-corrected chi connectivity index (χ2v) is 6.63. The van der Waals surface area contributed by atoms with Crippen LogP contribution in [0.5, 0.6) is 0 Å². The summed E-state index contributed by atoms with van der Waals surface area (Å²) in [4.78, 5) is 4.12. The van der Waals surface area contributed by atoms with Gasteiger partial charge >= 0.3 is 0 Å². The Morgan fingerprint density at radius 2 is 2.19 bits per heavy atom. The van der Waals surface area contributed by atoms with E-state index in [1.807, 2.05) is 6.20 Å². The molecule has 5 heteroatoms. The van der Waals surface area contributed by atoms with Gasteiger partial charge in [0.1, 0.15) is 0 Å². The zero-order chi connectivity index (χ0) is 11.4. The van der Waals surface area contributed by atoms with Gasteiger partial charge in [0.05, 0.1) is 0 Å². The quantitative estimate of drug-likeness (QED) is 0.926. The molecule has 2 heterocycles. The summed E-state index contributed by atoms with van der Waals surface area (Å²) in [5.41, 5.74) is 1.18. The lowest BCUT2D eigenvalue weighted by Gasteiger charge is -2.22. The molecule has 0 atom stereocenters. The lowest BCUT2D eigenvalue weighted by atomic mass is 10.1. The fraction of sp³-hybridized carbons (Fsp3) is 0.545. The van der Waals surface area contributed by atoms with Crippen molar-refractivity contribution < 1.29 is 4.21 Å². The third-order valence-corrected chi connectivity index (χ3v) is 4.56. The Bertz CT molecular complexity index is 376. The summed E-state index contributed by atoms with van der Waals surface area (Å²) in [6.07, 6.45) is 5.70. The minimum Gasteiger partial charge on any atom is -0.310 e. The van der Waals surface area contributed by atoms with E-state index >= 15 is 0 Å². The molecule has 1 aromatic heterocycles. The van der Waals surface area contributed by atoms with E-state index in [4.69, 9.17) is 0 Å². The van der Waals surface area contributed by atoms with Crippen LogP contribution in [0.25, 0.3) is 0 Å². The maximum Gasteiger partial charge on any atom is 0.0410 e. The second kappa shape index (κ2) is 5.89. The first kappa shape index (κ1) is 12.2. The highest BCUT2D eigenvalue weighted by Gasteiger charge is 2.16. The van der Waals surface area contributed by atoms with Gasteiger partial charge in [-0.2, -0.15) is 0 Å². The molecule has 0 aromatic carbocycles. The van der Waals surface area contributed by atoms with Gasteiger partial charge in [0.25, 0.3) is 0 Å². The highest BCUT2D eigenvalue weighted by Crippen LogP contribution is 2.12. The summed E-state index contributed by atoms with van der Waals surface area (Å²) in [6.45, 7) is 0.837. The van der Waals surface area contributed by atoms with E-state index in [0.717, 1.165) is 35.4 Å². The van der Waals surface area contributed by atoms with E-state index in [-0.39, 0.29) is 0 Å². The number of nitrogens with one attached hydrogen (secondary N) is 1. The van der Waals surface area contributed by atoms with Crippen LogP contribution in [0.2, 0.25) is 0 Å². The molecule has 0 bridgehead atoms. The van der Waals surface area contributed by atoms with Crippen LogP contribution < -0.4 is 5.32 Å². The summed E-state index contributed by atoms with van der Waals surface area (Å²) in [7, 11) is -0.572. The Kier molecular flexibility index (Phi) is 4.49. The van der Waals surface area contributed by atoms with Crippen molar-refractivity contribution in [2.45, 2.75) is 25.4 Å². The van der Waals surface area contributed by atoms with Gasteiger partial charge in [0.2, 0.25) is 0 Å². The molecule has 1 saturated heterocycles. The van der Waals surface area contributed by atoms with Gasteiger partial charge in [-0.25, -0.2) is 0 Å². The van der Waals surface area contributed by atoms with Crippen molar-refractivity contribution >= 4 is 26.7 Å². The van der Waals surface area contributed by atoms with Crippen LogP contribution in [0.15, 0.2) is 22.9 Å². The third-order valence-electron chi connectivity index (χ3n) is 2.74. The standard InChI is InChI=1S/C11H15BrN2OS/c12-10-5-9(6-13-8-10)7-14-11-1-3-16(15)4-2-11/h5-6,8,11,14H,1-4,7H2. The molecule has 88 valence electrons. The van der Waals surface area contributed by atoms with Gasteiger partial charge in [0, 0.05) is 51.8 Å². The molecule has 0 spiro atoms. The van der Waals surface area contributed by atoms with E-state index in [1.165, 1.54) is 5.56 Å². The summed E-state index contributed by atoms with van der Waals surface area (Å²) in [5, 5.41) is 3.49. The number of nitrogens with zero attached hydrogens (tertiary/aromatic N) is 1. The van der Waals surface area contributed by atoms with Crippen molar-refractivity contribution in [1.82, 2.24) is 10.3 Å². The first-order chi connectivity index (χ1) is 7.74. The zero-order valence-electron chi connectivity index (χ0n) is 8.99. The number of aromatic nitrogens is 1. The van der Waals surface area contributed by atoms with Gasteiger partial charge in [-0.3, -0.25) is 9.19 Å². The third kappa shape index (κ3) is 3.64. The second-order valence-electron chi connectivity index (χ2n) is 4.01. The number of hydrogen-bond donors (Lipinski definition) is 1. The van der Waals surface area contributed by atoms with Crippen molar-refractivity contribution in [1.29, 1.82) is 0 Å². The summed E-state index contributed by atoms with van der Waals surface area (Å²) in [5.74, 6) is 1.68. The fourth-order valence-electron chi connectivity index (χ4n) is 1.81. The maximum absolute atomic E-state index is 11.2. The molecule has 1 aromatic rings. The van der Waals surface area contributed by atoms with Gasteiger partial charge in [-0.1, -0.05) is 0 Å². The van der Waals surface area contributed by atoms with Crippen LogP contribution in [-0.2, 0) is 17.3 Å². The first-order valence-corrected chi connectivity index (χ1v) is 7.70. The average molecular weight is 303 g/mol. The molecule has 0 unspecified atom stereocenters. The van der Waals surface area contributed by atoms with Gasteiger partial charge < -0.3 is 5.32 Å². The molecule has 1 aliphatic heterocycles. The van der Waals surface area contributed by atoms with Crippen molar-refractivity contribution in [3.63, 3.8) is 0 Å². The summed E-state index contributed by atoms with van der Waals surface area (Å²) >= 11 is 3.41. The first-order valence-electron chi connectivity index (χ1n) is 5.42. The normalized spacial score (nSPS) is 25.6. The number of rotatable bonds is 3. The molecule has 2 rings (SSSR count). The minimum atomic E-state index is -0.572. The van der Waals surface area contributed by atoms with Crippen LogP contribution in [0.1, 0.15) is 18.4 Å². The van der Waals surface area contributed by atoms with Crippen molar-refractivity contribution in [2.75, 3.05) is 11.5 Å². The molecule has 1 aliphatic rings. The largest absolute Gasteiger partial charge is 0.310 e. The smallest absolute Gasteiger partial charge is 0.0410 e. The molecular formula is C11H15BrN2OS. The van der Waals surface area contributed by atoms with E-state index in [0.29, 0.717) is 6.04 Å². The predicted octanol–water partition coefficient (Wildman–Crippen LogP) is 1.84. The number of halogens is 1. The zero-order valence-corrected chi connectivity index (χ0v) is 11.4. The van der Waals surface area contributed by atoms with Crippen molar-refractivity contribution in [3.05, 3.63) is 28.5 Å². The molecule has 0 radical (unpaired) electrons. The molecule has 0 saturated carbocycles. The maximum atomic E-state index is 11.2.